The Bertz CT molecular complexity index is 1320. The van der Waals surface area contributed by atoms with Gasteiger partial charge in [-0.25, -0.2) is 5.01 Å². The van der Waals surface area contributed by atoms with Crippen molar-refractivity contribution in [2.24, 2.45) is 5.10 Å². The molecule has 10 heteroatoms. The standard InChI is InChI=1S/C26H23BrN4O5/c1-29(2)21-8-5-18(6-9-21)24-14-23(17-3-10-22(11-4-17)31(34)35)28-30(24)26(33)16-36-25-12-7-20(27)13-19(25)15-32/h3-13,15,24H,14,16H2,1-2H3. The van der Waals surface area contributed by atoms with E-state index in [0.717, 1.165) is 15.7 Å². The minimum Gasteiger partial charge on any atom is -0.483 e. The topological polar surface area (TPSA) is 105 Å². The van der Waals surface area contributed by atoms with Gasteiger partial charge in [0.1, 0.15) is 5.75 Å². The number of ether oxygens (including phenoxy) is 1. The number of anilines is 1. The van der Waals surface area contributed by atoms with Crippen molar-refractivity contribution in [3.05, 3.63) is 98.0 Å². The Morgan fingerprint density at radius 1 is 1.17 bits per heavy atom. The van der Waals surface area contributed by atoms with E-state index >= 15 is 0 Å². The number of carbonyl (C=O) groups is 2. The van der Waals surface area contributed by atoms with E-state index < -0.39 is 4.92 Å². The summed E-state index contributed by atoms with van der Waals surface area (Å²) in [6.45, 7) is -0.314. The summed E-state index contributed by atoms with van der Waals surface area (Å²) < 4.78 is 6.40. The van der Waals surface area contributed by atoms with Gasteiger partial charge in [0.2, 0.25) is 0 Å². The second-order valence-electron chi connectivity index (χ2n) is 8.38. The van der Waals surface area contributed by atoms with E-state index in [1.165, 1.54) is 17.1 Å². The number of benzene rings is 3. The van der Waals surface area contributed by atoms with Crippen LogP contribution in [-0.2, 0) is 4.79 Å². The SMILES string of the molecule is CN(C)c1ccc(C2CC(c3ccc([N+](=O)[O-])cc3)=NN2C(=O)COc2ccc(Br)cc2C=O)cc1. The van der Waals surface area contributed by atoms with Gasteiger partial charge in [-0.1, -0.05) is 28.1 Å². The van der Waals surface area contributed by atoms with Crippen LogP contribution in [0.15, 0.2) is 76.3 Å². The molecule has 9 nitrogen and oxygen atoms in total. The molecule has 0 bridgehead atoms. The molecule has 0 aromatic heterocycles. The van der Waals surface area contributed by atoms with Crippen molar-refractivity contribution in [2.75, 3.05) is 25.6 Å². The lowest BCUT2D eigenvalue weighted by atomic mass is 9.98. The predicted octanol–water partition coefficient (Wildman–Crippen LogP) is 4.99. The van der Waals surface area contributed by atoms with Gasteiger partial charge < -0.3 is 9.64 Å². The van der Waals surface area contributed by atoms with Crippen LogP contribution in [0.4, 0.5) is 11.4 Å². The monoisotopic (exact) mass is 550 g/mol. The van der Waals surface area contributed by atoms with Gasteiger partial charge in [0.05, 0.1) is 22.2 Å². The number of nitro groups is 1. The molecule has 0 fully saturated rings. The molecular formula is C26H23BrN4O5. The molecular weight excluding hydrogens is 528 g/mol. The lowest BCUT2D eigenvalue weighted by Gasteiger charge is -2.23. The molecule has 3 aromatic rings. The highest BCUT2D eigenvalue weighted by Crippen LogP contribution is 2.34. The third-order valence-corrected chi connectivity index (χ3v) is 6.31. The summed E-state index contributed by atoms with van der Waals surface area (Å²) in [5, 5.41) is 17.0. The summed E-state index contributed by atoms with van der Waals surface area (Å²) in [5.74, 6) is -0.0828. The average molecular weight is 551 g/mol. The maximum absolute atomic E-state index is 13.3. The Hall–Kier alpha value is -4.05. The van der Waals surface area contributed by atoms with Gasteiger partial charge in [-0.05, 0) is 53.6 Å². The number of rotatable bonds is 8. The Kier molecular flexibility index (Phi) is 7.44. The number of aldehydes is 1. The summed E-state index contributed by atoms with van der Waals surface area (Å²) in [5.41, 5.74) is 3.55. The molecule has 4 rings (SSSR count). The van der Waals surface area contributed by atoms with Crippen LogP contribution < -0.4 is 9.64 Å². The molecule has 0 saturated heterocycles. The number of carbonyl (C=O) groups excluding carboxylic acids is 2. The van der Waals surface area contributed by atoms with E-state index in [-0.39, 0.29) is 24.2 Å². The highest BCUT2D eigenvalue weighted by molar-refractivity contribution is 9.10. The Balaban J connectivity index is 1.61. The molecule has 0 N–H and O–H groups in total. The van der Waals surface area contributed by atoms with Gasteiger partial charge in [-0.3, -0.25) is 19.7 Å². The second kappa shape index (κ2) is 10.7. The zero-order chi connectivity index (χ0) is 25.8. The zero-order valence-electron chi connectivity index (χ0n) is 19.6. The summed E-state index contributed by atoms with van der Waals surface area (Å²) in [4.78, 5) is 37.2. The van der Waals surface area contributed by atoms with E-state index in [1.807, 2.05) is 43.3 Å². The number of non-ortho nitro benzene ring substituents is 1. The van der Waals surface area contributed by atoms with Crippen LogP contribution in [0.5, 0.6) is 5.75 Å². The van der Waals surface area contributed by atoms with Crippen molar-refractivity contribution < 1.29 is 19.2 Å². The second-order valence-corrected chi connectivity index (χ2v) is 9.30. The van der Waals surface area contributed by atoms with Crippen molar-refractivity contribution in [3.8, 4) is 5.75 Å². The van der Waals surface area contributed by atoms with Gasteiger partial charge in [0.25, 0.3) is 11.6 Å². The lowest BCUT2D eigenvalue weighted by Crippen LogP contribution is -2.31. The third kappa shape index (κ3) is 5.44. The van der Waals surface area contributed by atoms with Crippen LogP contribution in [0.25, 0.3) is 0 Å². The number of hydrogen-bond acceptors (Lipinski definition) is 7. The maximum Gasteiger partial charge on any atom is 0.281 e. The summed E-state index contributed by atoms with van der Waals surface area (Å²) >= 11 is 3.31. The average Bonchev–Trinajstić information content (AvgIpc) is 3.33. The van der Waals surface area contributed by atoms with Crippen molar-refractivity contribution >= 4 is 45.2 Å². The number of hydrazone groups is 1. The molecule has 0 radical (unpaired) electrons. The molecule has 1 aliphatic heterocycles. The van der Waals surface area contributed by atoms with Crippen LogP contribution in [0.3, 0.4) is 0 Å². The van der Waals surface area contributed by atoms with Crippen LogP contribution in [0.1, 0.15) is 33.9 Å². The molecule has 36 heavy (non-hydrogen) atoms. The van der Waals surface area contributed by atoms with Crippen LogP contribution >= 0.6 is 15.9 Å². The quantitative estimate of drug-likeness (QED) is 0.222. The molecule has 0 spiro atoms. The molecule has 0 aliphatic carbocycles. The van der Waals surface area contributed by atoms with Gasteiger partial charge in [0.15, 0.2) is 12.9 Å². The summed E-state index contributed by atoms with van der Waals surface area (Å²) in [6, 6.07) is 18.5. The van der Waals surface area contributed by atoms with Crippen molar-refractivity contribution in [2.45, 2.75) is 12.5 Å². The van der Waals surface area contributed by atoms with E-state index in [4.69, 9.17) is 4.74 Å². The lowest BCUT2D eigenvalue weighted by molar-refractivity contribution is -0.384. The summed E-state index contributed by atoms with van der Waals surface area (Å²) in [6.07, 6.45) is 1.10. The first-order valence-electron chi connectivity index (χ1n) is 11.1. The molecule has 184 valence electrons. The first-order chi connectivity index (χ1) is 17.3. The summed E-state index contributed by atoms with van der Waals surface area (Å²) in [7, 11) is 3.90. The van der Waals surface area contributed by atoms with Gasteiger partial charge >= 0.3 is 0 Å². The number of halogens is 1. The number of amides is 1. The molecule has 1 atom stereocenters. The zero-order valence-corrected chi connectivity index (χ0v) is 21.2. The highest BCUT2D eigenvalue weighted by Gasteiger charge is 2.33. The van der Waals surface area contributed by atoms with Gasteiger partial charge in [0, 0.05) is 42.8 Å². The van der Waals surface area contributed by atoms with E-state index in [2.05, 4.69) is 21.0 Å². The fourth-order valence-corrected chi connectivity index (χ4v) is 4.27. The minimum atomic E-state index is -0.460. The van der Waals surface area contributed by atoms with E-state index in [1.54, 1.807) is 30.3 Å². The molecule has 1 amide bonds. The van der Waals surface area contributed by atoms with Crippen LogP contribution in [-0.4, -0.2) is 48.5 Å². The Morgan fingerprint density at radius 2 is 1.86 bits per heavy atom. The first-order valence-corrected chi connectivity index (χ1v) is 11.9. The third-order valence-electron chi connectivity index (χ3n) is 5.82. The van der Waals surface area contributed by atoms with E-state index in [0.29, 0.717) is 35.3 Å². The Morgan fingerprint density at radius 3 is 2.47 bits per heavy atom. The number of nitro benzene ring substituents is 1. The van der Waals surface area contributed by atoms with Crippen LogP contribution in [0.2, 0.25) is 0 Å². The van der Waals surface area contributed by atoms with Gasteiger partial charge in [-0.2, -0.15) is 5.10 Å². The van der Waals surface area contributed by atoms with Gasteiger partial charge in [-0.15, -0.1) is 0 Å². The molecule has 1 aliphatic rings. The minimum absolute atomic E-state index is 0.0185. The predicted molar refractivity (Wildman–Crippen MR) is 140 cm³/mol. The maximum atomic E-state index is 13.3. The molecule has 1 unspecified atom stereocenters. The Labute approximate surface area is 216 Å². The molecule has 1 heterocycles. The molecule has 0 saturated carbocycles. The number of nitrogens with zero attached hydrogens (tertiary/aromatic N) is 4. The largest absolute Gasteiger partial charge is 0.483 e. The van der Waals surface area contributed by atoms with Crippen molar-refractivity contribution in [3.63, 3.8) is 0 Å². The fraction of sp³-hybridized carbons (Fsp3) is 0.192. The fourth-order valence-electron chi connectivity index (χ4n) is 3.89. The van der Waals surface area contributed by atoms with Crippen molar-refractivity contribution in [1.29, 1.82) is 0 Å². The smallest absolute Gasteiger partial charge is 0.281 e. The first kappa shape index (κ1) is 25.1. The number of hydrogen-bond donors (Lipinski definition) is 0. The normalized spacial score (nSPS) is 14.8. The van der Waals surface area contributed by atoms with Crippen molar-refractivity contribution in [1.82, 2.24) is 5.01 Å². The van der Waals surface area contributed by atoms with Crippen LogP contribution in [0, 0.1) is 10.1 Å². The van der Waals surface area contributed by atoms with E-state index in [9.17, 15) is 19.7 Å². The highest BCUT2D eigenvalue weighted by atomic mass is 79.9. The molecule has 3 aromatic carbocycles.